The minimum absolute atomic E-state index is 0.499. The summed E-state index contributed by atoms with van der Waals surface area (Å²) in [6.45, 7) is 2.45. The van der Waals surface area contributed by atoms with Gasteiger partial charge in [0.05, 0.1) is 24.7 Å². The van der Waals surface area contributed by atoms with Crippen LogP contribution in [-0.2, 0) is 11.4 Å². The summed E-state index contributed by atoms with van der Waals surface area (Å²) in [5.41, 5.74) is 2.75. The molecule has 3 rings (SSSR count). The molecule has 2 aromatic carbocycles. The molecule has 6 heteroatoms. The summed E-state index contributed by atoms with van der Waals surface area (Å²) in [5, 5.41) is 9.10. The highest BCUT2D eigenvalue weighted by Crippen LogP contribution is 2.31. The van der Waals surface area contributed by atoms with Crippen LogP contribution in [0.4, 0.5) is 0 Å². The number of aromatic nitrogens is 3. The largest absolute Gasteiger partial charge is 0.497 e. The molecule has 1 heterocycles. The Kier molecular flexibility index (Phi) is 4.78. The summed E-state index contributed by atoms with van der Waals surface area (Å²) in [6.07, 6.45) is 1.89. The first kappa shape index (κ1) is 16.8. The third-order valence-electron chi connectivity index (χ3n) is 3.83. The van der Waals surface area contributed by atoms with Crippen molar-refractivity contribution < 1.29 is 4.74 Å². The summed E-state index contributed by atoms with van der Waals surface area (Å²) in [4.78, 5) is -0.602. The molecule has 0 fully saturated rings. The van der Waals surface area contributed by atoms with Gasteiger partial charge in [-0.3, -0.25) is 0 Å². The lowest BCUT2D eigenvalue weighted by Crippen LogP contribution is -2.22. The maximum Gasteiger partial charge on any atom is 0.118 e. The maximum atomic E-state index is 6.70. The van der Waals surface area contributed by atoms with Crippen molar-refractivity contribution in [3.8, 4) is 17.0 Å². The van der Waals surface area contributed by atoms with Crippen LogP contribution in [0.15, 0.2) is 54.7 Å². The Morgan fingerprint density at radius 2 is 1.75 bits per heavy atom. The molecule has 0 aliphatic rings. The van der Waals surface area contributed by atoms with Crippen LogP contribution in [0.25, 0.3) is 11.3 Å². The average Bonchev–Trinajstić information content (AvgIpc) is 3.03. The fraction of sp³-hybridized carbons (Fsp3) is 0.222. The van der Waals surface area contributed by atoms with E-state index in [1.807, 2.05) is 61.7 Å². The Morgan fingerprint density at radius 1 is 1.08 bits per heavy atom. The van der Waals surface area contributed by atoms with Crippen LogP contribution in [-0.4, -0.2) is 22.1 Å². The molecule has 24 heavy (non-hydrogen) atoms. The van der Waals surface area contributed by atoms with Crippen molar-refractivity contribution >= 4 is 23.2 Å². The first-order valence-electron chi connectivity index (χ1n) is 7.47. The topological polar surface area (TPSA) is 39.9 Å². The predicted molar refractivity (Wildman–Crippen MR) is 96.7 cm³/mol. The summed E-state index contributed by atoms with van der Waals surface area (Å²) < 4.78 is 6.92. The number of hydrogen-bond acceptors (Lipinski definition) is 3. The van der Waals surface area contributed by atoms with E-state index >= 15 is 0 Å². The molecule has 1 atom stereocenters. The zero-order valence-corrected chi connectivity index (χ0v) is 14.9. The Labute approximate surface area is 151 Å². The second-order valence-corrected chi connectivity index (χ2v) is 7.00. The molecule has 0 bridgehead atoms. The van der Waals surface area contributed by atoms with E-state index in [2.05, 4.69) is 10.3 Å². The SMILES string of the molecule is COc1ccc(-c2cn(CC(C)(Cl)c3ccc(Cl)cc3)nn2)cc1. The molecule has 0 aliphatic heterocycles. The van der Waals surface area contributed by atoms with E-state index < -0.39 is 4.87 Å². The normalized spacial score (nSPS) is 13.5. The lowest BCUT2D eigenvalue weighted by atomic mass is 10.0. The number of alkyl halides is 1. The van der Waals surface area contributed by atoms with Crippen molar-refractivity contribution in [1.29, 1.82) is 0 Å². The predicted octanol–water partition coefficient (Wildman–Crippen LogP) is 4.76. The van der Waals surface area contributed by atoms with Gasteiger partial charge in [-0.05, 0) is 48.9 Å². The number of rotatable bonds is 5. The van der Waals surface area contributed by atoms with E-state index in [4.69, 9.17) is 27.9 Å². The summed E-state index contributed by atoms with van der Waals surface area (Å²) in [7, 11) is 1.64. The van der Waals surface area contributed by atoms with Crippen LogP contribution in [0, 0.1) is 0 Å². The number of halogens is 2. The minimum Gasteiger partial charge on any atom is -0.497 e. The number of ether oxygens (including phenoxy) is 1. The number of methoxy groups -OCH3 is 1. The molecule has 1 unspecified atom stereocenters. The molecule has 1 aromatic heterocycles. The van der Waals surface area contributed by atoms with Crippen molar-refractivity contribution in [2.75, 3.05) is 7.11 Å². The minimum atomic E-state index is -0.602. The fourth-order valence-electron chi connectivity index (χ4n) is 2.46. The average molecular weight is 362 g/mol. The summed E-state index contributed by atoms with van der Waals surface area (Å²) >= 11 is 12.6. The van der Waals surface area contributed by atoms with Crippen molar-refractivity contribution in [3.05, 3.63) is 65.3 Å². The monoisotopic (exact) mass is 361 g/mol. The molecular formula is C18H17Cl2N3O. The smallest absolute Gasteiger partial charge is 0.118 e. The highest BCUT2D eigenvalue weighted by Gasteiger charge is 2.25. The van der Waals surface area contributed by atoms with Gasteiger partial charge in [0.25, 0.3) is 0 Å². The Morgan fingerprint density at radius 3 is 2.38 bits per heavy atom. The van der Waals surface area contributed by atoms with Gasteiger partial charge in [0.15, 0.2) is 0 Å². The molecule has 124 valence electrons. The number of hydrogen-bond donors (Lipinski definition) is 0. The first-order chi connectivity index (χ1) is 11.5. The van der Waals surface area contributed by atoms with Gasteiger partial charge in [-0.25, -0.2) is 4.68 Å². The van der Waals surface area contributed by atoms with Crippen molar-refractivity contribution in [3.63, 3.8) is 0 Å². The van der Waals surface area contributed by atoms with Crippen LogP contribution < -0.4 is 4.74 Å². The van der Waals surface area contributed by atoms with Gasteiger partial charge < -0.3 is 4.74 Å². The Hall–Kier alpha value is -2.04. The highest BCUT2D eigenvalue weighted by atomic mass is 35.5. The van der Waals surface area contributed by atoms with Gasteiger partial charge >= 0.3 is 0 Å². The number of nitrogens with zero attached hydrogens (tertiary/aromatic N) is 3. The van der Waals surface area contributed by atoms with Gasteiger partial charge in [-0.15, -0.1) is 16.7 Å². The zero-order chi connectivity index (χ0) is 17.2. The van der Waals surface area contributed by atoms with E-state index in [0.717, 1.165) is 22.6 Å². The van der Waals surface area contributed by atoms with E-state index in [-0.39, 0.29) is 0 Å². The second-order valence-electron chi connectivity index (χ2n) is 5.73. The third-order valence-corrected chi connectivity index (χ3v) is 4.42. The molecule has 0 saturated carbocycles. The number of benzene rings is 2. The third kappa shape index (κ3) is 3.71. The molecule has 0 amide bonds. The van der Waals surface area contributed by atoms with E-state index in [9.17, 15) is 0 Å². The molecular weight excluding hydrogens is 345 g/mol. The van der Waals surface area contributed by atoms with Crippen LogP contribution in [0.3, 0.4) is 0 Å². The van der Waals surface area contributed by atoms with Gasteiger partial charge in [-0.2, -0.15) is 0 Å². The fourth-order valence-corrected chi connectivity index (χ4v) is 2.84. The Bertz CT molecular complexity index is 811. The van der Waals surface area contributed by atoms with Crippen LogP contribution >= 0.6 is 23.2 Å². The van der Waals surface area contributed by atoms with E-state index in [1.165, 1.54) is 0 Å². The van der Waals surface area contributed by atoms with Crippen LogP contribution in [0.5, 0.6) is 5.75 Å². The molecule has 0 spiro atoms. The van der Waals surface area contributed by atoms with E-state index in [1.54, 1.807) is 11.8 Å². The second kappa shape index (κ2) is 6.83. The molecule has 0 saturated heterocycles. The van der Waals surface area contributed by atoms with Crippen LogP contribution in [0.1, 0.15) is 12.5 Å². The lowest BCUT2D eigenvalue weighted by Gasteiger charge is -2.22. The molecule has 0 N–H and O–H groups in total. The van der Waals surface area contributed by atoms with Crippen molar-refractivity contribution in [1.82, 2.24) is 15.0 Å². The van der Waals surface area contributed by atoms with Crippen molar-refractivity contribution in [2.45, 2.75) is 18.3 Å². The molecule has 0 radical (unpaired) electrons. The van der Waals surface area contributed by atoms with Gasteiger partial charge in [0, 0.05) is 10.6 Å². The van der Waals surface area contributed by atoms with Gasteiger partial charge in [0.2, 0.25) is 0 Å². The summed E-state index contributed by atoms with van der Waals surface area (Å²) in [6, 6.07) is 15.2. The highest BCUT2D eigenvalue weighted by molar-refractivity contribution is 6.30. The van der Waals surface area contributed by atoms with Gasteiger partial charge in [-0.1, -0.05) is 28.9 Å². The van der Waals surface area contributed by atoms with Gasteiger partial charge in [0.1, 0.15) is 11.4 Å². The Balaban J connectivity index is 1.78. The standard InChI is InChI=1S/C18H17Cl2N3O/c1-18(20,14-5-7-15(19)8-6-14)12-23-11-17(21-22-23)13-3-9-16(24-2)10-4-13/h3-11H,12H2,1-2H3. The van der Waals surface area contributed by atoms with Crippen LogP contribution in [0.2, 0.25) is 5.02 Å². The zero-order valence-electron chi connectivity index (χ0n) is 13.4. The quantitative estimate of drug-likeness (QED) is 0.615. The van der Waals surface area contributed by atoms with Crippen molar-refractivity contribution in [2.24, 2.45) is 0 Å². The lowest BCUT2D eigenvalue weighted by molar-refractivity contribution is 0.415. The summed E-state index contributed by atoms with van der Waals surface area (Å²) in [5.74, 6) is 0.808. The molecule has 3 aromatic rings. The first-order valence-corrected chi connectivity index (χ1v) is 8.23. The molecule has 0 aliphatic carbocycles. The molecule has 4 nitrogen and oxygen atoms in total. The van der Waals surface area contributed by atoms with E-state index in [0.29, 0.717) is 11.6 Å². The maximum absolute atomic E-state index is 6.70.